The highest BCUT2D eigenvalue weighted by Gasteiger charge is 2.31. The molecule has 168 valence electrons. The Morgan fingerprint density at radius 1 is 1.23 bits per heavy atom. The molecule has 1 fully saturated rings. The second-order valence-electron chi connectivity index (χ2n) is 8.46. The van der Waals surface area contributed by atoms with Crippen LogP contribution < -0.4 is 9.62 Å². The molecule has 0 unspecified atom stereocenters. The summed E-state index contributed by atoms with van der Waals surface area (Å²) in [5, 5.41) is 2.04. The van der Waals surface area contributed by atoms with Crippen molar-refractivity contribution < 1.29 is 13.2 Å². The van der Waals surface area contributed by atoms with Gasteiger partial charge in [-0.05, 0) is 55.6 Å². The molecule has 0 aliphatic carbocycles. The van der Waals surface area contributed by atoms with Gasteiger partial charge in [0.1, 0.15) is 0 Å². The van der Waals surface area contributed by atoms with E-state index in [4.69, 9.17) is 0 Å². The molecule has 2 atom stereocenters. The van der Waals surface area contributed by atoms with Gasteiger partial charge in [-0.3, -0.25) is 9.69 Å². The smallest absolute Gasteiger partial charge is 0.240 e. The van der Waals surface area contributed by atoms with Crippen molar-refractivity contribution in [2.75, 3.05) is 44.7 Å². The lowest BCUT2D eigenvalue weighted by atomic mass is 10.1. The third kappa shape index (κ3) is 4.70. The molecule has 9 heteroatoms. The third-order valence-electron chi connectivity index (χ3n) is 6.23. The number of carbonyl (C=O) groups is 1. The molecule has 0 radical (unpaired) electrons. The highest BCUT2D eigenvalue weighted by Crippen LogP contribution is 2.34. The van der Waals surface area contributed by atoms with Crippen molar-refractivity contribution in [3.8, 4) is 0 Å². The van der Waals surface area contributed by atoms with Gasteiger partial charge < -0.3 is 9.80 Å². The summed E-state index contributed by atoms with van der Waals surface area (Å²) in [5.41, 5.74) is 1.72. The fourth-order valence-electron chi connectivity index (χ4n) is 4.55. The van der Waals surface area contributed by atoms with Gasteiger partial charge in [0.2, 0.25) is 15.9 Å². The first kappa shape index (κ1) is 22.4. The molecule has 0 spiro atoms. The molecule has 1 N–H and O–H groups in total. The predicted molar refractivity (Wildman–Crippen MR) is 124 cm³/mol. The number of thiophene rings is 1. The maximum Gasteiger partial charge on any atom is 0.240 e. The van der Waals surface area contributed by atoms with E-state index in [9.17, 15) is 13.2 Å². The van der Waals surface area contributed by atoms with E-state index in [2.05, 4.69) is 27.6 Å². The summed E-state index contributed by atoms with van der Waals surface area (Å²) >= 11 is 1.66. The number of likely N-dealkylation sites (N-methyl/N-ethyl adjacent to an activating group) is 1. The van der Waals surface area contributed by atoms with Crippen LogP contribution in [0, 0.1) is 0 Å². The van der Waals surface area contributed by atoms with Crippen LogP contribution in [0.1, 0.15) is 30.3 Å². The molecule has 0 saturated carbocycles. The average molecular weight is 463 g/mol. The Hall–Kier alpha value is -1.78. The van der Waals surface area contributed by atoms with Crippen LogP contribution in [0.3, 0.4) is 0 Å². The number of benzene rings is 1. The Bertz CT molecular complexity index is 1030. The summed E-state index contributed by atoms with van der Waals surface area (Å²) in [7, 11) is -1.55. The lowest BCUT2D eigenvalue weighted by Crippen LogP contribution is -2.48. The Morgan fingerprint density at radius 2 is 1.97 bits per heavy atom. The molecular weight excluding hydrogens is 432 g/mol. The molecule has 1 amide bonds. The summed E-state index contributed by atoms with van der Waals surface area (Å²) in [4.78, 5) is 19.8. The van der Waals surface area contributed by atoms with Crippen LogP contribution in [-0.4, -0.2) is 69.9 Å². The first-order valence-electron chi connectivity index (χ1n) is 10.6. The van der Waals surface area contributed by atoms with Crippen LogP contribution >= 0.6 is 11.3 Å². The van der Waals surface area contributed by atoms with Crippen LogP contribution in [0.5, 0.6) is 0 Å². The molecule has 1 aromatic heterocycles. The SMILES string of the molecule is CC(=O)N1c2ccc(S(=O)(=O)NC[C@@H](c3cccs3)N3CCN(C)CC3)cc2C[C@H]1C. The van der Waals surface area contributed by atoms with Crippen molar-refractivity contribution >= 4 is 33.0 Å². The van der Waals surface area contributed by atoms with Crippen molar-refractivity contribution in [3.05, 3.63) is 46.2 Å². The minimum absolute atomic E-state index is 0.0196. The average Bonchev–Trinajstić information content (AvgIpc) is 3.35. The molecule has 31 heavy (non-hydrogen) atoms. The molecule has 3 heterocycles. The van der Waals surface area contributed by atoms with Gasteiger partial charge in [0.05, 0.1) is 10.9 Å². The van der Waals surface area contributed by atoms with Crippen molar-refractivity contribution in [1.29, 1.82) is 0 Å². The number of piperazine rings is 1. The fraction of sp³-hybridized carbons (Fsp3) is 0.500. The zero-order valence-corrected chi connectivity index (χ0v) is 19.9. The van der Waals surface area contributed by atoms with Gasteiger partial charge in [-0.15, -0.1) is 11.3 Å². The quantitative estimate of drug-likeness (QED) is 0.713. The molecular formula is C22H30N4O3S2. The van der Waals surface area contributed by atoms with Gasteiger partial charge in [-0.2, -0.15) is 0 Å². The molecule has 2 aliphatic heterocycles. The molecule has 2 aromatic rings. The summed E-state index contributed by atoms with van der Waals surface area (Å²) in [6.07, 6.45) is 0.664. The second kappa shape index (κ2) is 8.99. The number of sulfonamides is 1. The normalized spacial score (nSPS) is 21.3. The number of nitrogens with one attached hydrogen (secondary N) is 1. The van der Waals surface area contributed by atoms with Crippen molar-refractivity contribution in [2.24, 2.45) is 0 Å². The minimum atomic E-state index is -3.66. The highest BCUT2D eigenvalue weighted by atomic mass is 32.2. The second-order valence-corrected chi connectivity index (χ2v) is 11.2. The van der Waals surface area contributed by atoms with E-state index in [1.54, 1.807) is 41.4 Å². The van der Waals surface area contributed by atoms with E-state index < -0.39 is 10.0 Å². The monoisotopic (exact) mass is 462 g/mol. The fourth-order valence-corrected chi connectivity index (χ4v) is 6.50. The molecule has 7 nitrogen and oxygen atoms in total. The number of rotatable bonds is 6. The van der Waals surface area contributed by atoms with Crippen LogP contribution in [0.2, 0.25) is 0 Å². The lowest BCUT2D eigenvalue weighted by Gasteiger charge is -2.37. The zero-order valence-electron chi connectivity index (χ0n) is 18.2. The third-order valence-corrected chi connectivity index (χ3v) is 8.63. The highest BCUT2D eigenvalue weighted by molar-refractivity contribution is 7.89. The standard InChI is InChI=1S/C22H30N4O3S2/c1-16-13-18-14-19(6-7-20(18)26(16)17(2)27)31(28,29)23-15-21(22-5-4-12-30-22)25-10-8-24(3)9-11-25/h4-7,12,14,16,21,23H,8-11,13,15H2,1-3H3/t16-,21+/m1/s1. The molecule has 1 aromatic carbocycles. The van der Waals surface area contributed by atoms with Gasteiger partial charge in [0, 0.05) is 56.3 Å². The van der Waals surface area contributed by atoms with E-state index in [1.807, 2.05) is 18.4 Å². The van der Waals surface area contributed by atoms with Gasteiger partial charge in [-0.25, -0.2) is 13.1 Å². The van der Waals surface area contributed by atoms with Gasteiger partial charge in [0.25, 0.3) is 0 Å². The van der Waals surface area contributed by atoms with Crippen LogP contribution in [0.15, 0.2) is 40.6 Å². The van der Waals surface area contributed by atoms with E-state index in [-0.39, 0.29) is 22.9 Å². The van der Waals surface area contributed by atoms with Gasteiger partial charge in [-0.1, -0.05) is 6.07 Å². The summed E-state index contributed by atoms with van der Waals surface area (Å²) < 4.78 is 29.1. The van der Waals surface area contributed by atoms with E-state index in [0.717, 1.165) is 37.4 Å². The number of nitrogens with zero attached hydrogens (tertiary/aromatic N) is 3. The number of hydrogen-bond acceptors (Lipinski definition) is 6. The van der Waals surface area contributed by atoms with E-state index in [1.165, 1.54) is 4.88 Å². The number of carbonyl (C=O) groups excluding carboxylic acids is 1. The number of fused-ring (bicyclic) bond motifs is 1. The van der Waals surface area contributed by atoms with Gasteiger partial charge >= 0.3 is 0 Å². The minimum Gasteiger partial charge on any atom is -0.309 e. The van der Waals surface area contributed by atoms with Gasteiger partial charge in [0.15, 0.2) is 0 Å². The molecule has 2 aliphatic rings. The van der Waals surface area contributed by atoms with Crippen LogP contribution in [0.4, 0.5) is 5.69 Å². The molecule has 1 saturated heterocycles. The Balaban J connectivity index is 1.52. The first-order valence-corrected chi connectivity index (χ1v) is 13.0. The topological polar surface area (TPSA) is 73.0 Å². The predicted octanol–water partition coefficient (Wildman–Crippen LogP) is 2.31. The Kier molecular flexibility index (Phi) is 6.50. The molecule has 0 bridgehead atoms. The summed E-state index contributed by atoms with van der Waals surface area (Å²) in [5.74, 6) is -0.0223. The van der Waals surface area contributed by atoms with E-state index >= 15 is 0 Å². The van der Waals surface area contributed by atoms with Crippen LogP contribution in [0.25, 0.3) is 0 Å². The largest absolute Gasteiger partial charge is 0.309 e. The van der Waals surface area contributed by atoms with Crippen molar-refractivity contribution in [2.45, 2.75) is 37.2 Å². The molecule has 4 rings (SSSR count). The Labute approximate surface area is 188 Å². The van der Waals surface area contributed by atoms with Crippen LogP contribution in [-0.2, 0) is 21.2 Å². The maximum absolute atomic E-state index is 13.1. The summed E-state index contributed by atoms with van der Waals surface area (Å²) in [6.45, 7) is 7.64. The maximum atomic E-state index is 13.1. The van der Waals surface area contributed by atoms with E-state index in [0.29, 0.717) is 13.0 Å². The van der Waals surface area contributed by atoms with Crippen molar-refractivity contribution in [3.63, 3.8) is 0 Å². The lowest BCUT2D eigenvalue weighted by molar-refractivity contribution is -0.116. The number of hydrogen-bond donors (Lipinski definition) is 1. The zero-order chi connectivity index (χ0) is 22.2. The van der Waals surface area contributed by atoms with Crippen molar-refractivity contribution in [1.82, 2.24) is 14.5 Å². The number of anilines is 1. The summed E-state index contributed by atoms with van der Waals surface area (Å²) in [6, 6.07) is 9.23. The Morgan fingerprint density at radius 3 is 2.61 bits per heavy atom. The first-order chi connectivity index (χ1) is 14.8. The number of amides is 1.